The lowest BCUT2D eigenvalue weighted by molar-refractivity contribution is -0.127. The van der Waals surface area contributed by atoms with Crippen molar-refractivity contribution in [2.24, 2.45) is 11.7 Å². The summed E-state index contributed by atoms with van der Waals surface area (Å²) in [5.41, 5.74) is 6.87. The van der Waals surface area contributed by atoms with Gasteiger partial charge >= 0.3 is 0 Å². The Morgan fingerprint density at radius 2 is 2.09 bits per heavy atom. The second-order valence-corrected chi connectivity index (χ2v) is 5.99. The lowest BCUT2D eigenvalue weighted by Crippen LogP contribution is -2.44. The molecule has 2 unspecified atom stereocenters. The molecule has 0 bridgehead atoms. The van der Waals surface area contributed by atoms with E-state index in [0.717, 1.165) is 31.5 Å². The van der Waals surface area contributed by atoms with E-state index in [2.05, 4.69) is 0 Å². The minimum atomic E-state index is 0.0325. The molecule has 1 saturated heterocycles. The Kier molecular flexibility index (Phi) is 6.04. The Morgan fingerprint density at radius 3 is 2.74 bits per heavy atom. The Labute approximate surface area is 138 Å². The summed E-state index contributed by atoms with van der Waals surface area (Å²) in [5, 5.41) is 0. The van der Waals surface area contributed by atoms with E-state index in [1.54, 1.807) is 26.4 Å². The number of ether oxygens (including phenoxy) is 2. The molecule has 1 heterocycles. The topological polar surface area (TPSA) is 64.8 Å². The van der Waals surface area contributed by atoms with Crippen LogP contribution in [0, 0.1) is 5.92 Å². The minimum absolute atomic E-state index is 0.0325. The summed E-state index contributed by atoms with van der Waals surface area (Å²) in [6.07, 6.45) is 5.54. The van der Waals surface area contributed by atoms with Crippen LogP contribution in [0.5, 0.6) is 11.5 Å². The van der Waals surface area contributed by atoms with Crippen LogP contribution >= 0.6 is 0 Å². The Morgan fingerprint density at radius 1 is 1.35 bits per heavy atom. The maximum atomic E-state index is 12.4. The van der Waals surface area contributed by atoms with Gasteiger partial charge in [-0.05, 0) is 49.5 Å². The van der Waals surface area contributed by atoms with Crippen molar-refractivity contribution in [3.05, 3.63) is 29.8 Å². The second kappa shape index (κ2) is 8.02. The van der Waals surface area contributed by atoms with Crippen molar-refractivity contribution in [1.82, 2.24) is 4.90 Å². The molecule has 1 fully saturated rings. The van der Waals surface area contributed by atoms with E-state index in [0.29, 0.717) is 17.4 Å². The molecule has 0 saturated carbocycles. The van der Waals surface area contributed by atoms with Gasteiger partial charge in [0.2, 0.25) is 5.91 Å². The lowest BCUT2D eigenvalue weighted by atomic mass is 9.92. The number of carbonyl (C=O) groups excluding carboxylic acids is 1. The van der Waals surface area contributed by atoms with Gasteiger partial charge < -0.3 is 20.1 Å². The van der Waals surface area contributed by atoms with Crippen LogP contribution in [0.3, 0.4) is 0 Å². The number of nitrogens with two attached hydrogens (primary N) is 1. The van der Waals surface area contributed by atoms with Crippen molar-refractivity contribution in [3.63, 3.8) is 0 Å². The highest BCUT2D eigenvalue weighted by Gasteiger charge is 2.24. The Bertz CT molecular complexity index is 569. The van der Waals surface area contributed by atoms with Gasteiger partial charge in [0.1, 0.15) is 0 Å². The number of likely N-dealkylation sites (tertiary alicyclic amines) is 1. The molecule has 2 atom stereocenters. The zero-order chi connectivity index (χ0) is 16.8. The Hall–Kier alpha value is -2.01. The summed E-state index contributed by atoms with van der Waals surface area (Å²) in [6, 6.07) is 5.70. The molecule has 2 N–H and O–H groups in total. The summed E-state index contributed by atoms with van der Waals surface area (Å²) >= 11 is 0. The third-order valence-corrected chi connectivity index (χ3v) is 4.34. The van der Waals surface area contributed by atoms with Crippen molar-refractivity contribution in [1.29, 1.82) is 0 Å². The quantitative estimate of drug-likeness (QED) is 0.846. The molecule has 1 amide bonds. The lowest BCUT2D eigenvalue weighted by Gasteiger charge is -2.34. The van der Waals surface area contributed by atoms with Crippen LogP contribution < -0.4 is 15.2 Å². The molecule has 5 nitrogen and oxygen atoms in total. The molecule has 0 aliphatic carbocycles. The fourth-order valence-corrected chi connectivity index (χ4v) is 2.87. The van der Waals surface area contributed by atoms with Gasteiger partial charge in [0.15, 0.2) is 11.5 Å². The van der Waals surface area contributed by atoms with Crippen LogP contribution in [-0.2, 0) is 4.79 Å². The van der Waals surface area contributed by atoms with Crippen molar-refractivity contribution < 1.29 is 14.3 Å². The van der Waals surface area contributed by atoms with E-state index in [4.69, 9.17) is 15.2 Å². The first kappa shape index (κ1) is 17.3. The molecule has 23 heavy (non-hydrogen) atoms. The van der Waals surface area contributed by atoms with Crippen molar-refractivity contribution in [2.75, 3.05) is 27.3 Å². The SMILES string of the molecule is COc1ccc(C=CC(=O)N2CCCC(C(C)N)C2)cc1OC. The molecule has 0 spiro atoms. The van der Waals surface area contributed by atoms with E-state index in [-0.39, 0.29) is 11.9 Å². The fraction of sp³-hybridized carbons (Fsp3) is 0.500. The van der Waals surface area contributed by atoms with Gasteiger partial charge in [-0.25, -0.2) is 0 Å². The van der Waals surface area contributed by atoms with Crippen molar-refractivity contribution in [3.8, 4) is 11.5 Å². The summed E-state index contributed by atoms with van der Waals surface area (Å²) in [6.45, 7) is 3.56. The fourth-order valence-electron chi connectivity index (χ4n) is 2.87. The summed E-state index contributed by atoms with van der Waals surface area (Å²) in [5.74, 6) is 1.75. The predicted molar refractivity (Wildman–Crippen MR) is 91.5 cm³/mol. The molecule has 1 aromatic carbocycles. The van der Waals surface area contributed by atoms with E-state index in [1.807, 2.05) is 30.0 Å². The number of hydrogen-bond acceptors (Lipinski definition) is 4. The predicted octanol–water partition coefficient (Wildman–Crippen LogP) is 2.30. The van der Waals surface area contributed by atoms with Crippen LogP contribution in [0.1, 0.15) is 25.3 Å². The standard InChI is InChI=1S/C18H26N2O3/c1-13(19)15-5-4-10-20(12-15)18(21)9-7-14-6-8-16(22-2)17(11-14)23-3/h6-9,11,13,15H,4-5,10,12,19H2,1-3H3. The van der Waals surface area contributed by atoms with Crippen LogP contribution in [-0.4, -0.2) is 44.2 Å². The molecule has 1 aliphatic heterocycles. The monoisotopic (exact) mass is 318 g/mol. The van der Waals surface area contributed by atoms with Crippen LogP contribution in [0.4, 0.5) is 0 Å². The largest absolute Gasteiger partial charge is 0.493 e. The van der Waals surface area contributed by atoms with Gasteiger partial charge in [0.25, 0.3) is 0 Å². The molecular weight excluding hydrogens is 292 g/mol. The third kappa shape index (κ3) is 4.48. The number of hydrogen-bond donors (Lipinski definition) is 1. The molecule has 126 valence electrons. The van der Waals surface area contributed by atoms with Crippen molar-refractivity contribution in [2.45, 2.75) is 25.8 Å². The number of carbonyl (C=O) groups is 1. The molecule has 5 heteroatoms. The second-order valence-electron chi connectivity index (χ2n) is 5.99. The number of rotatable bonds is 5. The third-order valence-electron chi connectivity index (χ3n) is 4.34. The van der Waals surface area contributed by atoms with Gasteiger partial charge in [-0.1, -0.05) is 6.07 Å². The van der Waals surface area contributed by atoms with Gasteiger partial charge in [0.05, 0.1) is 14.2 Å². The molecule has 1 aliphatic rings. The molecule has 0 radical (unpaired) electrons. The van der Waals surface area contributed by atoms with Gasteiger partial charge in [-0.2, -0.15) is 0 Å². The van der Waals surface area contributed by atoms with E-state index in [1.165, 1.54) is 0 Å². The number of nitrogens with zero attached hydrogens (tertiary/aromatic N) is 1. The summed E-state index contributed by atoms with van der Waals surface area (Å²) in [4.78, 5) is 14.2. The van der Waals surface area contributed by atoms with Gasteiger partial charge in [0, 0.05) is 25.2 Å². The maximum absolute atomic E-state index is 12.4. The Balaban J connectivity index is 2.03. The highest BCUT2D eigenvalue weighted by molar-refractivity contribution is 5.92. The van der Waals surface area contributed by atoms with Gasteiger partial charge in [-0.3, -0.25) is 4.79 Å². The molecule has 1 aromatic rings. The molecule has 2 rings (SSSR count). The van der Waals surface area contributed by atoms with E-state index in [9.17, 15) is 4.79 Å². The zero-order valence-corrected chi connectivity index (χ0v) is 14.1. The van der Waals surface area contributed by atoms with Crippen LogP contribution in [0.2, 0.25) is 0 Å². The normalized spacial score (nSPS) is 19.7. The number of amides is 1. The smallest absolute Gasteiger partial charge is 0.246 e. The summed E-state index contributed by atoms with van der Waals surface area (Å²) < 4.78 is 10.5. The van der Waals surface area contributed by atoms with Crippen molar-refractivity contribution >= 4 is 12.0 Å². The average Bonchev–Trinajstić information content (AvgIpc) is 2.59. The zero-order valence-electron chi connectivity index (χ0n) is 14.1. The van der Waals surface area contributed by atoms with Crippen LogP contribution in [0.25, 0.3) is 6.08 Å². The van der Waals surface area contributed by atoms with Gasteiger partial charge in [-0.15, -0.1) is 0 Å². The first-order valence-electron chi connectivity index (χ1n) is 7.99. The number of methoxy groups -OCH3 is 2. The highest BCUT2D eigenvalue weighted by atomic mass is 16.5. The van der Waals surface area contributed by atoms with E-state index >= 15 is 0 Å². The molecular formula is C18H26N2O3. The van der Waals surface area contributed by atoms with Crippen LogP contribution in [0.15, 0.2) is 24.3 Å². The molecule has 0 aromatic heterocycles. The minimum Gasteiger partial charge on any atom is -0.493 e. The average molecular weight is 318 g/mol. The first-order chi connectivity index (χ1) is 11.0. The first-order valence-corrected chi connectivity index (χ1v) is 7.99. The number of piperidine rings is 1. The van der Waals surface area contributed by atoms with E-state index < -0.39 is 0 Å². The number of benzene rings is 1. The highest BCUT2D eigenvalue weighted by Crippen LogP contribution is 2.28. The maximum Gasteiger partial charge on any atom is 0.246 e. The summed E-state index contributed by atoms with van der Waals surface area (Å²) in [7, 11) is 3.19.